The van der Waals surface area contributed by atoms with Crippen molar-refractivity contribution in [1.29, 1.82) is 0 Å². The van der Waals surface area contributed by atoms with E-state index in [9.17, 15) is 0 Å². The van der Waals surface area contributed by atoms with Gasteiger partial charge in [0.15, 0.2) is 0 Å². The second kappa shape index (κ2) is 3.91. The van der Waals surface area contributed by atoms with E-state index in [1.54, 1.807) is 0 Å². The lowest BCUT2D eigenvalue weighted by molar-refractivity contribution is 0.712. The predicted octanol–water partition coefficient (Wildman–Crippen LogP) is 2.43. The van der Waals surface area contributed by atoms with Gasteiger partial charge >= 0.3 is 0 Å². The molecule has 1 N–H and O–H groups in total. The number of aromatic nitrogens is 2. The summed E-state index contributed by atoms with van der Waals surface area (Å²) in [6.07, 6.45) is 4.78. The highest BCUT2D eigenvalue weighted by atomic mass is 15.3. The van der Waals surface area contributed by atoms with Gasteiger partial charge in [0.2, 0.25) is 0 Å². The minimum absolute atomic E-state index is 0.864. The van der Waals surface area contributed by atoms with Gasteiger partial charge in [0.1, 0.15) is 5.82 Å². The summed E-state index contributed by atoms with van der Waals surface area (Å²) in [5.74, 6) is 0.864. The van der Waals surface area contributed by atoms with Crippen molar-refractivity contribution in [2.45, 2.75) is 13.3 Å². The van der Waals surface area contributed by atoms with Crippen LogP contribution >= 0.6 is 0 Å². The average Bonchev–Trinajstić information content (AvgIpc) is 2.72. The lowest BCUT2D eigenvalue weighted by Gasteiger charge is -2.32. The highest BCUT2D eigenvalue weighted by Crippen LogP contribution is 2.27. The zero-order valence-corrected chi connectivity index (χ0v) is 10.5. The molecule has 1 fully saturated rings. The van der Waals surface area contributed by atoms with Crippen molar-refractivity contribution in [3.8, 4) is 0 Å². The first-order chi connectivity index (χ1) is 8.65. The fourth-order valence-electron chi connectivity index (χ4n) is 2.26. The molecule has 1 aliphatic rings. The van der Waals surface area contributed by atoms with Crippen LogP contribution in [0.3, 0.4) is 0 Å². The van der Waals surface area contributed by atoms with Crippen LogP contribution in [0.1, 0.15) is 12.0 Å². The smallest absolute Gasteiger partial charge is 0.103 e. The van der Waals surface area contributed by atoms with E-state index in [0.717, 1.165) is 35.7 Å². The third-order valence-corrected chi connectivity index (χ3v) is 3.23. The van der Waals surface area contributed by atoms with Gasteiger partial charge in [0.25, 0.3) is 0 Å². The fourth-order valence-corrected chi connectivity index (χ4v) is 2.26. The van der Waals surface area contributed by atoms with Crippen LogP contribution in [0.5, 0.6) is 0 Å². The van der Waals surface area contributed by atoms with E-state index in [4.69, 9.17) is 0 Å². The number of rotatable bonds is 1. The number of hydrogen-bond acceptors (Lipinski definition) is 3. The Morgan fingerprint density at radius 1 is 1.39 bits per heavy atom. The molecule has 0 spiro atoms. The minimum Gasteiger partial charge on any atom is -0.346 e. The summed E-state index contributed by atoms with van der Waals surface area (Å²) in [7, 11) is 0. The van der Waals surface area contributed by atoms with Gasteiger partial charge in [-0.3, -0.25) is 0 Å². The van der Waals surface area contributed by atoms with Crippen LogP contribution in [-0.4, -0.2) is 16.2 Å². The van der Waals surface area contributed by atoms with Gasteiger partial charge in [-0.25, -0.2) is 4.52 Å². The van der Waals surface area contributed by atoms with Crippen LogP contribution in [0, 0.1) is 6.92 Å². The number of aryl methyl sites for hydroxylation is 1. The van der Waals surface area contributed by atoms with E-state index in [-0.39, 0.29) is 0 Å². The number of pyridine rings is 1. The van der Waals surface area contributed by atoms with Crippen LogP contribution in [-0.2, 0) is 0 Å². The molecule has 0 unspecified atom stereocenters. The largest absolute Gasteiger partial charge is 0.346 e. The predicted molar refractivity (Wildman–Crippen MR) is 73.3 cm³/mol. The van der Waals surface area contributed by atoms with Crippen LogP contribution < -0.4 is 10.2 Å². The quantitative estimate of drug-likeness (QED) is 0.831. The molecule has 0 aliphatic carbocycles. The molecule has 3 heterocycles. The molecule has 2 aromatic rings. The Morgan fingerprint density at radius 3 is 3.00 bits per heavy atom. The number of nitrogens with zero attached hydrogens (tertiary/aromatic N) is 3. The minimum atomic E-state index is 0.864. The van der Waals surface area contributed by atoms with Gasteiger partial charge in [-0.2, -0.15) is 5.10 Å². The SMILES string of the molecule is C=C1CCN(c2cnn3ccc(C)cc23)C(=C)N1. The van der Waals surface area contributed by atoms with E-state index in [1.807, 2.05) is 16.9 Å². The number of hydrogen-bond donors (Lipinski definition) is 1. The van der Waals surface area contributed by atoms with Gasteiger partial charge in [0.05, 0.1) is 17.4 Å². The molecule has 0 saturated carbocycles. The first-order valence-electron chi connectivity index (χ1n) is 6.00. The van der Waals surface area contributed by atoms with E-state index < -0.39 is 0 Å². The monoisotopic (exact) mass is 240 g/mol. The highest BCUT2D eigenvalue weighted by Gasteiger charge is 2.19. The Morgan fingerprint density at radius 2 is 2.22 bits per heavy atom. The summed E-state index contributed by atoms with van der Waals surface area (Å²) in [5, 5.41) is 7.57. The molecule has 4 heteroatoms. The second-order valence-corrected chi connectivity index (χ2v) is 4.64. The Hall–Kier alpha value is -2.23. The standard InChI is InChI=1S/C14H16N4/c1-10-4-7-18-13(8-10)14(9-15-18)17-6-5-11(2)16-12(17)3/h4,7-9,16H,2-3,5-6H2,1H3. The van der Waals surface area contributed by atoms with E-state index >= 15 is 0 Å². The third kappa shape index (κ3) is 1.66. The van der Waals surface area contributed by atoms with E-state index in [1.165, 1.54) is 5.56 Å². The van der Waals surface area contributed by atoms with Crippen molar-refractivity contribution in [3.63, 3.8) is 0 Å². The molecule has 92 valence electrons. The molecule has 0 bridgehead atoms. The first-order valence-corrected chi connectivity index (χ1v) is 6.00. The summed E-state index contributed by atoms with van der Waals surface area (Å²) in [6, 6.07) is 4.19. The molecule has 1 aliphatic heterocycles. The zero-order chi connectivity index (χ0) is 12.7. The lowest BCUT2D eigenvalue weighted by Crippen LogP contribution is -2.37. The summed E-state index contributed by atoms with van der Waals surface area (Å²) in [6.45, 7) is 11.0. The van der Waals surface area contributed by atoms with Crippen molar-refractivity contribution >= 4 is 11.2 Å². The zero-order valence-electron chi connectivity index (χ0n) is 10.5. The van der Waals surface area contributed by atoms with Gasteiger partial charge in [0, 0.05) is 24.9 Å². The maximum atomic E-state index is 4.37. The normalized spacial score (nSPS) is 16.2. The maximum absolute atomic E-state index is 4.37. The Balaban J connectivity index is 2.06. The number of fused-ring (bicyclic) bond motifs is 1. The topological polar surface area (TPSA) is 32.6 Å². The molecule has 3 rings (SSSR count). The first kappa shape index (κ1) is 10.9. The Kier molecular flexibility index (Phi) is 2.37. The Labute approximate surface area is 106 Å². The van der Waals surface area contributed by atoms with Crippen LogP contribution in [0.4, 0.5) is 5.69 Å². The third-order valence-electron chi connectivity index (χ3n) is 3.23. The van der Waals surface area contributed by atoms with Gasteiger partial charge in [-0.15, -0.1) is 0 Å². The number of anilines is 1. The van der Waals surface area contributed by atoms with Crippen LogP contribution in [0.25, 0.3) is 5.52 Å². The molecule has 4 nitrogen and oxygen atoms in total. The highest BCUT2D eigenvalue weighted by molar-refractivity contribution is 5.75. The van der Waals surface area contributed by atoms with Gasteiger partial charge < -0.3 is 10.2 Å². The molecule has 18 heavy (non-hydrogen) atoms. The summed E-state index contributed by atoms with van der Waals surface area (Å²) < 4.78 is 1.89. The van der Waals surface area contributed by atoms with Crippen molar-refractivity contribution in [1.82, 2.24) is 14.9 Å². The van der Waals surface area contributed by atoms with Crippen molar-refractivity contribution < 1.29 is 0 Å². The van der Waals surface area contributed by atoms with Gasteiger partial charge in [-0.05, 0) is 24.6 Å². The van der Waals surface area contributed by atoms with E-state index in [2.05, 4.69) is 47.5 Å². The van der Waals surface area contributed by atoms with Crippen LogP contribution in [0.2, 0.25) is 0 Å². The van der Waals surface area contributed by atoms with Crippen molar-refractivity contribution in [2.24, 2.45) is 0 Å². The second-order valence-electron chi connectivity index (χ2n) is 4.64. The Bertz CT molecular complexity index is 638. The molecule has 0 atom stereocenters. The summed E-state index contributed by atoms with van der Waals surface area (Å²) >= 11 is 0. The van der Waals surface area contributed by atoms with Crippen molar-refractivity contribution in [2.75, 3.05) is 11.4 Å². The average molecular weight is 240 g/mol. The lowest BCUT2D eigenvalue weighted by atomic mass is 10.2. The molecule has 0 amide bonds. The molecule has 0 aromatic carbocycles. The van der Waals surface area contributed by atoms with E-state index in [0.29, 0.717) is 0 Å². The van der Waals surface area contributed by atoms with Crippen molar-refractivity contribution in [3.05, 3.63) is 54.8 Å². The summed E-state index contributed by atoms with van der Waals surface area (Å²) in [4.78, 5) is 2.15. The molecular weight excluding hydrogens is 224 g/mol. The van der Waals surface area contributed by atoms with Gasteiger partial charge in [-0.1, -0.05) is 13.2 Å². The summed E-state index contributed by atoms with van der Waals surface area (Å²) in [5.41, 5.74) is 4.43. The number of nitrogens with one attached hydrogen (secondary N) is 1. The molecule has 0 radical (unpaired) electrons. The molecule has 1 saturated heterocycles. The maximum Gasteiger partial charge on any atom is 0.103 e. The molecule has 2 aromatic heterocycles. The molecular formula is C14H16N4. The fraction of sp³-hybridized carbons (Fsp3) is 0.214. The van der Waals surface area contributed by atoms with Crippen LogP contribution in [0.15, 0.2) is 49.2 Å².